The molecule has 2 aliphatic rings. The number of unbranched alkanes of at least 4 members (excludes halogenated alkanes) is 9. The predicted octanol–water partition coefficient (Wildman–Crippen LogP) is 9.66. The lowest BCUT2D eigenvalue weighted by atomic mass is 9.76. The first-order valence-electron chi connectivity index (χ1n) is 19.7. The molecule has 2 fully saturated rings. The zero-order valence-electron chi connectivity index (χ0n) is 31.7. The molecule has 5 unspecified atom stereocenters. The Morgan fingerprint density at radius 1 is 0.898 bits per heavy atom. The van der Waals surface area contributed by atoms with E-state index in [1.54, 1.807) is 12.3 Å². The SMILES string of the molecule is CCCCCCCCCCC(CCCCC)NC(=O)NC1CCCCCC1C(CC(=O)O)c1[nH]ccc1C(=O)C1OC(C)(C)OCC1(C)C. The summed E-state index contributed by atoms with van der Waals surface area (Å²) in [4.78, 5) is 43.5. The molecule has 1 aromatic heterocycles. The van der Waals surface area contributed by atoms with Gasteiger partial charge in [0.2, 0.25) is 0 Å². The van der Waals surface area contributed by atoms with Crippen molar-refractivity contribution in [2.75, 3.05) is 6.61 Å². The van der Waals surface area contributed by atoms with Crippen LogP contribution in [-0.4, -0.2) is 58.5 Å². The molecule has 2 amide bonds. The van der Waals surface area contributed by atoms with Gasteiger partial charge in [-0.2, -0.15) is 0 Å². The van der Waals surface area contributed by atoms with Crippen molar-refractivity contribution < 1.29 is 29.0 Å². The molecule has 9 heteroatoms. The van der Waals surface area contributed by atoms with Crippen molar-refractivity contribution in [3.05, 3.63) is 23.5 Å². The average molecular weight is 688 g/mol. The average Bonchev–Trinajstić information content (AvgIpc) is 3.42. The van der Waals surface area contributed by atoms with Gasteiger partial charge in [0.05, 0.1) is 13.0 Å². The van der Waals surface area contributed by atoms with Crippen molar-refractivity contribution in [1.82, 2.24) is 15.6 Å². The van der Waals surface area contributed by atoms with Gasteiger partial charge < -0.3 is 30.2 Å². The van der Waals surface area contributed by atoms with E-state index in [-0.39, 0.29) is 36.2 Å². The number of H-pyrrole nitrogens is 1. The maximum Gasteiger partial charge on any atom is 0.315 e. The molecule has 0 radical (unpaired) electrons. The number of carbonyl (C=O) groups excluding carboxylic acids is 2. The van der Waals surface area contributed by atoms with Crippen LogP contribution in [0.5, 0.6) is 0 Å². The van der Waals surface area contributed by atoms with E-state index in [0.717, 1.165) is 70.6 Å². The van der Waals surface area contributed by atoms with Crippen LogP contribution >= 0.6 is 0 Å². The molecule has 3 rings (SSSR count). The van der Waals surface area contributed by atoms with Crippen LogP contribution in [0.2, 0.25) is 0 Å². The van der Waals surface area contributed by atoms with Crippen LogP contribution < -0.4 is 10.6 Å². The summed E-state index contributed by atoms with van der Waals surface area (Å²) in [5.74, 6) is -2.60. The number of rotatable bonds is 21. The van der Waals surface area contributed by atoms with Crippen molar-refractivity contribution in [2.24, 2.45) is 11.3 Å². The summed E-state index contributed by atoms with van der Waals surface area (Å²) in [5.41, 5.74) is 0.536. The number of aromatic nitrogens is 1. The van der Waals surface area contributed by atoms with Gasteiger partial charge in [-0.3, -0.25) is 9.59 Å². The molecule has 2 heterocycles. The Balaban J connectivity index is 1.75. The number of carboxylic acid groups (broad SMARTS) is 1. The number of hydrogen-bond acceptors (Lipinski definition) is 5. The number of Topliss-reactive ketones (excluding diaryl/α,β-unsaturated/α-hetero) is 1. The van der Waals surface area contributed by atoms with E-state index >= 15 is 0 Å². The van der Waals surface area contributed by atoms with E-state index in [4.69, 9.17) is 9.47 Å². The number of amides is 2. The number of urea groups is 1. The van der Waals surface area contributed by atoms with Gasteiger partial charge in [-0.25, -0.2) is 4.79 Å². The monoisotopic (exact) mass is 688 g/mol. The van der Waals surface area contributed by atoms with Crippen LogP contribution in [-0.2, 0) is 14.3 Å². The third kappa shape index (κ3) is 13.3. The second-order valence-corrected chi connectivity index (χ2v) is 16.0. The summed E-state index contributed by atoms with van der Waals surface area (Å²) in [5, 5.41) is 16.8. The molecule has 1 aliphatic heterocycles. The van der Waals surface area contributed by atoms with Crippen LogP contribution in [0, 0.1) is 11.3 Å². The molecule has 1 aromatic rings. The highest BCUT2D eigenvalue weighted by Crippen LogP contribution is 2.41. The van der Waals surface area contributed by atoms with Gasteiger partial charge in [-0.15, -0.1) is 0 Å². The highest BCUT2D eigenvalue weighted by atomic mass is 16.7. The summed E-state index contributed by atoms with van der Waals surface area (Å²) >= 11 is 0. The maximum absolute atomic E-state index is 14.2. The van der Waals surface area contributed by atoms with Gasteiger partial charge in [0.1, 0.15) is 6.10 Å². The van der Waals surface area contributed by atoms with E-state index < -0.39 is 29.2 Å². The fraction of sp³-hybridized carbons (Fsp3) is 0.825. The molecule has 5 atom stereocenters. The van der Waals surface area contributed by atoms with Crippen molar-refractivity contribution in [1.29, 1.82) is 0 Å². The van der Waals surface area contributed by atoms with Gasteiger partial charge in [-0.1, -0.05) is 118 Å². The van der Waals surface area contributed by atoms with Gasteiger partial charge in [-0.05, 0) is 51.5 Å². The number of carboxylic acids is 1. The molecule has 1 saturated carbocycles. The minimum atomic E-state index is -0.921. The molecule has 1 saturated heterocycles. The van der Waals surface area contributed by atoms with E-state index in [0.29, 0.717) is 17.9 Å². The molecule has 0 spiro atoms. The molecule has 280 valence electrons. The Morgan fingerprint density at radius 3 is 2.18 bits per heavy atom. The summed E-state index contributed by atoms with van der Waals surface area (Å²) in [6.45, 7) is 12.4. The van der Waals surface area contributed by atoms with Crippen molar-refractivity contribution in [2.45, 2.75) is 193 Å². The zero-order valence-corrected chi connectivity index (χ0v) is 31.7. The van der Waals surface area contributed by atoms with Gasteiger partial charge >= 0.3 is 12.0 Å². The molecular formula is C40H69N3O6. The van der Waals surface area contributed by atoms with Crippen LogP contribution in [0.3, 0.4) is 0 Å². The Kier molecular flexibility index (Phi) is 17.1. The largest absolute Gasteiger partial charge is 0.481 e. The third-order valence-corrected chi connectivity index (χ3v) is 10.8. The normalized spacial score (nSPS) is 23.3. The van der Waals surface area contributed by atoms with Gasteiger partial charge in [0.15, 0.2) is 11.6 Å². The van der Waals surface area contributed by atoms with Gasteiger partial charge in [0.25, 0.3) is 0 Å². The first-order valence-corrected chi connectivity index (χ1v) is 19.7. The van der Waals surface area contributed by atoms with E-state index in [1.807, 2.05) is 27.7 Å². The molecule has 9 nitrogen and oxygen atoms in total. The minimum absolute atomic E-state index is 0.130. The topological polar surface area (TPSA) is 130 Å². The molecule has 0 aromatic carbocycles. The molecule has 49 heavy (non-hydrogen) atoms. The number of aromatic amines is 1. The first kappa shape index (κ1) is 41.0. The summed E-state index contributed by atoms with van der Waals surface area (Å²) in [7, 11) is 0. The van der Waals surface area contributed by atoms with Gasteiger partial charge in [0, 0.05) is 40.9 Å². The Morgan fingerprint density at radius 2 is 1.51 bits per heavy atom. The Hall–Kier alpha value is -2.39. The fourth-order valence-corrected chi connectivity index (χ4v) is 7.87. The van der Waals surface area contributed by atoms with Crippen LogP contribution in [0.25, 0.3) is 0 Å². The quantitative estimate of drug-likeness (QED) is 0.0579. The molecule has 0 bridgehead atoms. The second-order valence-electron chi connectivity index (χ2n) is 16.0. The lowest BCUT2D eigenvalue weighted by molar-refractivity contribution is -0.298. The predicted molar refractivity (Wildman–Crippen MR) is 196 cm³/mol. The van der Waals surface area contributed by atoms with Crippen LogP contribution in [0.4, 0.5) is 4.79 Å². The summed E-state index contributed by atoms with van der Waals surface area (Å²) < 4.78 is 12.1. The van der Waals surface area contributed by atoms with E-state index in [2.05, 4.69) is 29.5 Å². The number of aliphatic carboxylic acids is 1. The summed E-state index contributed by atoms with van der Waals surface area (Å²) in [6, 6.07) is 1.53. The lowest BCUT2D eigenvalue weighted by Crippen LogP contribution is -2.53. The molecule has 1 aliphatic carbocycles. The Bertz CT molecular complexity index is 1150. The fourth-order valence-electron chi connectivity index (χ4n) is 7.87. The van der Waals surface area contributed by atoms with E-state index in [9.17, 15) is 19.5 Å². The first-order chi connectivity index (χ1) is 23.4. The number of ketones is 1. The number of hydrogen-bond donors (Lipinski definition) is 4. The van der Waals surface area contributed by atoms with E-state index in [1.165, 1.54) is 44.9 Å². The van der Waals surface area contributed by atoms with Crippen molar-refractivity contribution in [3.8, 4) is 0 Å². The third-order valence-electron chi connectivity index (χ3n) is 10.8. The standard InChI is InChI=1S/C40H69N3O6/c1-7-9-11-12-13-14-15-18-22-29(21-17-10-8-2)42-38(47)43-33-24-20-16-19-23-30(33)32(27-34(44)45)35-31(25-26-41-35)36(46)37-39(3,4)28-48-40(5,6)49-37/h25-26,29-30,32-33,37,41H,7-24,27-28H2,1-6H3,(H,44,45)(H2,42,43,47). The highest BCUT2D eigenvalue weighted by Gasteiger charge is 2.47. The smallest absolute Gasteiger partial charge is 0.315 e. The number of nitrogens with one attached hydrogen (secondary N) is 3. The summed E-state index contributed by atoms with van der Waals surface area (Å²) in [6.07, 6.45) is 20.8. The van der Waals surface area contributed by atoms with Crippen LogP contribution in [0.1, 0.15) is 186 Å². The highest BCUT2D eigenvalue weighted by molar-refractivity contribution is 6.01. The van der Waals surface area contributed by atoms with Crippen molar-refractivity contribution in [3.63, 3.8) is 0 Å². The maximum atomic E-state index is 14.2. The lowest BCUT2D eigenvalue weighted by Gasteiger charge is -2.45. The molecule has 4 N–H and O–H groups in total. The second kappa shape index (κ2) is 20.5. The molecular weight excluding hydrogens is 618 g/mol. The number of carbonyl (C=O) groups is 3. The number of ether oxygens (including phenoxy) is 2. The van der Waals surface area contributed by atoms with Crippen LogP contribution in [0.15, 0.2) is 12.3 Å². The Labute approximate surface area is 296 Å². The minimum Gasteiger partial charge on any atom is -0.481 e. The van der Waals surface area contributed by atoms with Crippen molar-refractivity contribution >= 4 is 17.8 Å². The zero-order chi connectivity index (χ0) is 35.9.